The van der Waals surface area contributed by atoms with Crippen LogP contribution in [0.3, 0.4) is 0 Å². The van der Waals surface area contributed by atoms with Gasteiger partial charge in [0.05, 0.1) is 7.11 Å². The highest BCUT2D eigenvalue weighted by Gasteiger charge is 2.21. The molecule has 112 valence electrons. The maximum atomic E-state index is 13.9. The molecule has 0 radical (unpaired) electrons. The minimum Gasteiger partial charge on any atom is -0.497 e. The Morgan fingerprint density at radius 1 is 1.14 bits per heavy atom. The van der Waals surface area contributed by atoms with Gasteiger partial charge in [0.25, 0.3) is 0 Å². The second kappa shape index (κ2) is 6.46. The van der Waals surface area contributed by atoms with E-state index in [1.165, 1.54) is 6.07 Å². The zero-order valence-corrected chi connectivity index (χ0v) is 13.0. The quantitative estimate of drug-likeness (QED) is 0.906. The van der Waals surface area contributed by atoms with Gasteiger partial charge in [-0.25, -0.2) is 4.39 Å². The summed E-state index contributed by atoms with van der Waals surface area (Å²) in [7, 11) is 1.63. The molecule has 0 aliphatic carbocycles. The number of nitrogens with two attached hydrogens (primary N) is 1. The van der Waals surface area contributed by atoms with Crippen LogP contribution in [-0.2, 0) is 12.8 Å². The van der Waals surface area contributed by atoms with E-state index >= 15 is 0 Å². The van der Waals surface area contributed by atoms with Gasteiger partial charge in [0.1, 0.15) is 11.6 Å². The molecule has 0 amide bonds. The molecular weight excluding hydrogens is 289 g/mol. The molecule has 2 aromatic rings. The number of methoxy groups -OCH3 is 1. The van der Waals surface area contributed by atoms with Gasteiger partial charge in [0.2, 0.25) is 0 Å². The van der Waals surface area contributed by atoms with E-state index in [4.69, 9.17) is 22.1 Å². The normalized spacial score (nSPS) is 13.8. The number of hydrogen-bond acceptors (Lipinski definition) is 2. The molecule has 0 aliphatic heterocycles. The Balaban J connectivity index is 2.10. The summed E-state index contributed by atoms with van der Waals surface area (Å²) >= 11 is 5.76. The molecule has 0 saturated carbocycles. The summed E-state index contributed by atoms with van der Waals surface area (Å²) in [5, 5.41) is 0.394. The Hall–Kier alpha value is -1.58. The standard InChI is InChI=1S/C17H19ClFNO/c1-17(20,10-12-3-7-15(21-2)8-4-12)11-13-5-6-14(18)9-16(13)19/h3-9H,10-11,20H2,1-2H3. The van der Waals surface area contributed by atoms with Crippen molar-refractivity contribution in [1.29, 1.82) is 0 Å². The van der Waals surface area contributed by atoms with E-state index in [1.54, 1.807) is 19.2 Å². The third kappa shape index (κ3) is 4.45. The molecule has 0 aromatic heterocycles. The highest BCUT2D eigenvalue weighted by molar-refractivity contribution is 6.30. The van der Waals surface area contributed by atoms with Crippen molar-refractivity contribution < 1.29 is 9.13 Å². The Labute approximate surface area is 129 Å². The van der Waals surface area contributed by atoms with Gasteiger partial charge in [-0.2, -0.15) is 0 Å². The van der Waals surface area contributed by atoms with Gasteiger partial charge in [0, 0.05) is 10.6 Å². The number of halogens is 2. The first-order chi connectivity index (χ1) is 9.89. The van der Waals surface area contributed by atoms with Crippen molar-refractivity contribution in [2.45, 2.75) is 25.3 Å². The third-order valence-corrected chi connectivity index (χ3v) is 3.61. The number of benzene rings is 2. The van der Waals surface area contributed by atoms with Gasteiger partial charge in [-0.1, -0.05) is 29.8 Å². The van der Waals surface area contributed by atoms with E-state index in [2.05, 4.69) is 0 Å². The first-order valence-electron chi connectivity index (χ1n) is 6.75. The molecule has 0 saturated heterocycles. The summed E-state index contributed by atoms with van der Waals surface area (Å²) in [6.07, 6.45) is 1.10. The lowest BCUT2D eigenvalue weighted by atomic mass is 9.87. The molecule has 2 aromatic carbocycles. The molecule has 2 N–H and O–H groups in total. The summed E-state index contributed by atoms with van der Waals surface area (Å²) in [5.41, 5.74) is 7.46. The lowest BCUT2D eigenvalue weighted by Crippen LogP contribution is -2.41. The number of ether oxygens (including phenoxy) is 1. The molecule has 2 rings (SSSR count). The van der Waals surface area contributed by atoms with Crippen molar-refractivity contribution in [2.24, 2.45) is 5.73 Å². The molecule has 2 nitrogen and oxygen atoms in total. The van der Waals surface area contributed by atoms with Crippen LogP contribution < -0.4 is 10.5 Å². The first kappa shape index (κ1) is 15.8. The Morgan fingerprint density at radius 3 is 2.38 bits per heavy atom. The van der Waals surface area contributed by atoms with Crippen LogP contribution in [-0.4, -0.2) is 12.6 Å². The summed E-state index contributed by atoms with van der Waals surface area (Å²) in [5.74, 6) is 0.495. The molecule has 0 bridgehead atoms. The molecule has 0 heterocycles. The van der Waals surface area contributed by atoms with Crippen molar-refractivity contribution >= 4 is 11.6 Å². The number of rotatable bonds is 5. The monoisotopic (exact) mass is 307 g/mol. The van der Waals surface area contributed by atoms with Crippen molar-refractivity contribution in [1.82, 2.24) is 0 Å². The van der Waals surface area contributed by atoms with Crippen LogP contribution in [0, 0.1) is 5.82 Å². The van der Waals surface area contributed by atoms with E-state index in [1.807, 2.05) is 31.2 Å². The average Bonchev–Trinajstić information content (AvgIpc) is 2.42. The van der Waals surface area contributed by atoms with E-state index in [-0.39, 0.29) is 5.82 Å². The summed E-state index contributed by atoms with van der Waals surface area (Å²) in [6.45, 7) is 1.92. The predicted molar refractivity (Wildman–Crippen MR) is 84.4 cm³/mol. The van der Waals surface area contributed by atoms with Crippen LogP contribution >= 0.6 is 11.6 Å². The van der Waals surface area contributed by atoms with Crippen LogP contribution in [0.15, 0.2) is 42.5 Å². The summed E-state index contributed by atoms with van der Waals surface area (Å²) in [4.78, 5) is 0. The maximum Gasteiger partial charge on any atom is 0.127 e. The van der Waals surface area contributed by atoms with Gasteiger partial charge in [-0.3, -0.25) is 0 Å². The van der Waals surface area contributed by atoms with Gasteiger partial charge in [-0.15, -0.1) is 0 Å². The van der Waals surface area contributed by atoms with E-state index in [0.29, 0.717) is 23.4 Å². The SMILES string of the molecule is COc1ccc(CC(C)(N)Cc2ccc(Cl)cc2F)cc1. The lowest BCUT2D eigenvalue weighted by molar-refractivity contribution is 0.414. The molecule has 4 heteroatoms. The largest absolute Gasteiger partial charge is 0.497 e. The Morgan fingerprint density at radius 2 is 1.81 bits per heavy atom. The smallest absolute Gasteiger partial charge is 0.127 e. The topological polar surface area (TPSA) is 35.2 Å². The minimum atomic E-state index is -0.538. The average molecular weight is 308 g/mol. The maximum absolute atomic E-state index is 13.9. The lowest BCUT2D eigenvalue weighted by Gasteiger charge is -2.25. The third-order valence-electron chi connectivity index (χ3n) is 3.38. The van der Waals surface area contributed by atoms with Crippen LogP contribution in [0.1, 0.15) is 18.1 Å². The van der Waals surface area contributed by atoms with Crippen molar-refractivity contribution in [3.63, 3.8) is 0 Å². The van der Waals surface area contributed by atoms with Crippen LogP contribution in [0.4, 0.5) is 4.39 Å². The number of hydrogen-bond donors (Lipinski definition) is 1. The zero-order valence-electron chi connectivity index (χ0n) is 12.2. The fraction of sp³-hybridized carbons (Fsp3) is 0.294. The summed E-state index contributed by atoms with van der Waals surface area (Å²) < 4.78 is 19.0. The first-order valence-corrected chi connectivity index (χ1v) is 7.13. The highest BCUT2D eigenvalue weighted by atomic mass is 35.5. The Bertz CT molecular complexity index is 611. The highest BCUT2D eigenvalue weighted by Crippen LogP contribution is 2.22. The molecule has 0 aliphatic rings. The van der Waals surface area contributed by atoms with Crippen molar-refractivity contribution in [3.8, 4) is 5.75 Å². The molecule has 21 heavy (non-hydrogen) atoms. The second-order valence-electron chi connectivity index (χ2n) is 5.59. The Kier molecular flexibility index (Phi) is 4.86. The van der Waals surface area contributed by atoms with E-state index in [0.717, 1.165) is 11.3 Å². The molecule has 1 unspecified atom stereocenters. The van der Waals surface area contributed by atoms with Crippen LogP contribution in [0.2, 0.25) is 5.02 Å². The molecule has 0 fully saturated rings. The van der Waals surface area contributed by atoms with Crippen molar-refractivity contribution in [2.75, 3.05) is 7.11 Å². The van der Waals surface area contributed by atoms with Gasteiger partial charge in [0.15, 0.2) is 0 Å². The fourth-order valence-corrected chi connectivity index (χ4v) is 2.53. The molecule has 0 spiro atoms. The van der Waals surface area contributed by atoms with E-state index < -0.39 is 5.54 Å². The second-order valence-corrected chi connectivity index (χ2v) is 6.03. The minimum absolute atomic E-state index is 0.311. The fourth-order valence-electron chi connectivity index (χ4n) is 2.37. The van der Waals surface area contributed by atoms with Gasteiger partial charge in [-0.05, 0) is 55.2 Å². The predicted octanol–water partition coefficient (Wildman–Crippen LogP) is 3.99. The van der Waals surface area contributed by atoms with Crippen LogP contribution in [0.25, 0.3) is 0 Å². The molecule has 1 atom stereocenters. The molecular formula is C17H19ClFNO. The van der Waals surface area contributed by atoms with Gasteiger partial charge >= 0.3 is 0 Å². The summed E-state index contributed by atoms with van der Waals surface area (Å²) in [6, 6.07) is 12.4. The zero-order chi connectivity index (χ0) is 15.5. The van der Waals surface area contributed by atoms with Crippen LogP contribution in [0.5, 0.6) is 5.75 Å². The van der Waals surface area contributed by atoms with E-state index in [9.17, 15) is 4.39 Å². The van der Waals surface area contributed by atoms with Crippen molar-refractivity contribution in [3.05, 3.63) is 64.4 Å². The van der Waals surface area contributed by atoms with Gasteiger partial charge < -0.3 is 10.5 Å².